The van der Waals surface area contributed by atoms with E-state index in [1.807, 2.05) is 139 Å². The van der Waals surface area contributed by atoms with Gasteiger partial charge in [0, 0.05) is 16.4 Å². The normalized spacial score (nSPS) is 9.59. The number of halogens is 3. The summed E-state index contributed by atoms with van der Waals surface area (Å²) >= 11 is 5.64. The molecular weight excluding hydrogens is 806 g/mol. The Morgan fingerprint density at radius 3 is 1.31 bits per heavy atom. The van der Waals surface area contributed by atoms with Crippen LogP contribution in [-0.4, -0.2) is 21.8 Å². The van der Waals surface area contributed by atoms with Gasteiger partial charge in [0.25, 0.3) is 0 Å². The fourth-order valence-electron chi connectivity index (χ4n) is 4.90. The first kappa shape index (κ1) is 53.1. The van der Waals surface area contributed by atoms with E-state index >= 15 is 0 Å². The summed E-state index contributed by atoms with van der Waals surface area (Å²) in [5.41, 5.74) is 16.2. The van der Waals surface area contributed by atoms with Crippen LogP contribution in [0.3, 0.4) is 0 Å². The highest BCUT2D eigenvalue weighted by Gasteiger charge is 2.00. The predicted molar refractivity (Wildman–Crippen MR) is 257 cm³/mol. The zero-order chi connectivity index (χ0) is 45.8. The van der Waals surface area contributed by atoms with Gasteiger partial charge in [-0.25, -0.2) is 17.2 Å². The molecule has 0 aromatic heterocycles. The number of aryl methyl sites for hydroxylation is 8. The molecule has 0 saturated carbocycles. The molecule has 0 amide bonds. The van der Waals surface area contributed by atoms with Crippen molar-refractivity contribution in [2.45, 2.75) is 55.4 Å². The third-order valence-electron chi connectivity index (χ3n) is 7.83. The second-order valence-corrected chi connectivity index (χ2v) is 16.4. The van der Waals surface area contributed by atoms with Crippen LogP contribution >= 0.6 is 11.6 Å². The number of hydrogen-bond acceptors (Lipinski definition) is 4. The first-order valence-electron chi connectivity index (χ1n) is 19.4. The van der Waals surface area contributed by atoms with Gasteiger partial charge >= 0.3 is 0 Å². The van der Waals surface area contributed by atoms with E-state index in [0.717, 1.165) is 39.4 Å². The van der Waals surface area contributed by atoms with Crippen molar-refractivity contribution in [1.82, 2.24) is 0 Å². The van der Waals surface area contributed by atoms with E-state index in [4.69, 9.17) is 22.1 Å². The Bertz CT molecular complexity index is 2220. The van der Waals surface area contributed by atoms with E-state index in [9.17, 15) is 17.2 Å². The number of sulfonamides is 1. The van der Waals surface area contributed by atoms with E-state index in [-0.39, 0.29) is 11.6 Å². The van der Waals surface area contributed by atoms with Crippen LogP contribution in [0.1, 0.15) is 44.5 Å². The Labute approximate surface area is 369 Å². The number of ether oxygens (including phenoxy) is 1. The molecule has 5 nitrogen and oxygen atoms in total. The Kier molecular flexibility index (Phi) is 25.5. The fourth-order valence-corrected chi connectivity index (χ4v) is 5.70. The highest BCUT2D eigenvalue weighted by molar-refractivity contribution is 7.92. The molecule has 0 fully saturated rings. The van der Waals surface area contributed by atoms with Crippen LogP contribution in [0.4, 0.5) is 20.2 Å². The van der Waals surface area contributed by atoms with Crippen molar-refractivity contribution >= 4 is 33.0 Å². The summed E-state index contributed by atoms with van der Waals surface area (Å²) in [4.78, 5) is 0. The molecule has 0 aliphatic heterocycles. The van der Waals surface area contributed by atoms with Gasteiger partial charge in [-0.3, -0.25) is 4.72 Å². The van der Waals surface area contributed by atoms with Gasteiger partial charge in [0.1, 0.15) is 17.4 Å². The molecule has 0 saturated heterocycles. The monoisotopic (exact) mass is 866 g/mol. The SMILES string of the molecule is COc1ccc(C)cc1C.Cc1ccc(F)cc1.Cc1cccc(Cl)c1.Cc1cccc(F)c1.Cc1cccc(N)c1.Cc1cccc(NS(C)(=O)=O)c1.Cc1ccccc1. The summed E-state index contributed by atoms with van der Waals surface area (Å²) in [5, 5.41) is 0.810. The molecule has 7 aromatic rings. The largest absolute Gasteiger partial charge is 0.496 e. The summed E-state index contributed by atoms with van der Waals surface area (Å²) < 4.78 is 53.3. The van der Waals surface area contributed by atoms with Crippen LogP contribution < -0.4 is 15.2 Å². The number of benzene rings is 7. The number of rotatable bonds is 3. The van der Waals surface area contributed by atoms with Crippen molar-refractivity contribution in [3.8, 4) is 5.75 Å². The molecule has 0 atom stereocenters. The van der Waals surface area contributed by atoms with E-state index in [2.05, 4.69) is 36.8 Å². The Balaban J connectivity index is 0.000000358. The van der Waals surface area contributed by atoms with Crippen molar-refractivity contribution in [3.63, 3.8) is 0 Å². The molecule has 3 N–H and O–H groups in total. The first-order chi connectivity index (χ1) is 28.8. The molecule has 61 heavy (non-hydrogen) atoms. The Morgan fingerprint density at radius 2 is 0.951 bits per heavy atom. The topological polar surface area (TPSA) is 81.4 Å². The highest BCUT2D eigenvalue weighted by atomic mass is 35.5. The van der Waals surface area contributed by atoms with Crippen LogP contribution in [-0.2, 0) is 10.0 Å². The minimum absolute atomic E-state index is 0.162. The molecule has 0 bridgehead atoms. The van der Waals surface area contributed by atoms with Crippen LogP contribution in [0.25, 0.3) is 0 Å². The lowest BCUT2D eigenvalue weighted by Crippen LogP contribution is -2.09. The van der Waals surface area contributed by atoms with E-state index in [0.29, 0.717) is 5.69 Å². The van der Waals surface area contributed by atoms with Gasteiger partial charge in [-0.2, -0.15) is 0 Å². The van der Waals surface area contributed by atoms with Crippen LogP contribution in [0.15, 0.2) is 170 Å². The average Bonchev–Trinajstić information content (AvgIpc) is 3.17. The lowest BCUT2D eigenvalue weighted by atomic mass is 10.1. The van der Waals surface area contributed by atoms with E-state index in [1.165, 1.54) is 52.1 Å². The summed E-state index contributed by atoms with van der Waals surface area (Å²) in [6, 6.07) is 52.1. The maximum absolute atomic E-state index is 12.2. The molecule has 0 spiro atoms. The lowest BCUT2D eigenvalue weighted by molar-refractivity contribution is 0.411. The van der Waals surface area contributed by atoms with E-state index in [1.54, 1.807) is 37.4 Å². The van der Waals surface area contributed by atoms with E-state index < -0.39 is 10.0 Å². The zero-order valence-corrected chi connectivity index (χ0v) is 38.6. The maximum atomic E-state index is 12.2. The number of anilines is 2. The molecule has 0 heterocycles. The minimum atomic E-state index is -3.14. The van der Waals surface area contributed by atoms with Gasteiger partial charge < -0.3 is 10.5 Å². The molecule has 7 aromatic carbocycles. The van der Waals surface area contributed by atoms with Crippen molar-refractivity contribution in [1.29, 1.82) is 0 Å². The van der Waals surface area contributed by atoms with Crippen molar-refractivity contribution in [2.24, 2.45) is 0 Å². The van der Waals surface area contributed by atoms with Gasteiger partial charge in [-0.15, -0.1) is 0 Å². The van der Waals surface area contributed by atoms with Gasteiger partial charge in [-0.05, 0) is 150 Å². The van der Waals surface area contributed by atoms with Crippen molar-refractivity contribution in [3.05, 3.63) is 231 Å². The molecular formula is C52H61ClF2N2O3S. The van der Waals surface area contributed by atoms with Crippen molar-refractivity contribution < 1.29 is 21.9 Å². The lowest BCUT2D eigenvalue weighted by Gasteiger charge is -2.03. The standard InChI is InChI=1S/C9H12O.C8H11NO2S.C7H7Cl.2C7H7F.C7H9N.C7H8/c1-7-4-5-9(10-3)8(2)6-7;1-7-4-3-5-8(6-7)9-12(2,10)11;1-6-3-2-4-7(8)5-6;1-6-2-4-7(8)5-3-6;2*1-6-3-2-4-7(8)5-6;1-7-5-3-2-4-6-7/h4-6H,1-3H3;3-6,9H,1-2H3;3*2-5H,1H3;2-5H,8H2,1H3;2-6H,1H3. The average molecular weight is 868 g/mol. The van der Waals surface area contributed by atoms with Gasteiger partial charge in [0.05, 0.1) is 13.4 Å². The number of methoxy groups -OCH3 is 1. The van der Waals surface area contributed by atoms with Crippen molar-refractivity contribution in [2.75, 3.05) is 23.8 Å². The molecule has 324 valence electrons. The second-order valence-electron chi connectivity index (χ2n) is 14.2. The summed E-state index contributed by atoms with van der Waals surface area (Å²) in [5.74, 6) is 0.631. The van der Waals surface area contributed by atoms with Crippen LogP contribution in [0.5, 0.6) is 5.75 Å². The number of hydrogen-bond donors (Lipinski definition) is 2. The van der Waals surface area contributed by atoms with Gasteiger partial charge in [-0.1, -0.05) is 131 Å². The number of nitrogens with one attached hydrogen (secondary N) is 1. The molecule has 0 aliphatic rings. The first-order valence-corrected chi connectivity index (χ1v) is 21.7. The highest BCUT2D eigenvalue weighted by Crippen LogP contribution is 2.17. The molecule has 0 unspecified atom stereocenters. The number of nitrogen functional groups attached to an aromatic ring is 1. The summed E-state index contributed by atoms with van der Waals surface area (Å²) in [7, 11) is -1.45. The number of nitrogens with two attached hydrogens (primary N) is 1. The second kappa shape index (κ2) is 29.3. The predicted octanol–water partition coefficient (Wildman–Crippen LogP) is 14.2. The molecule has 9 heteroatoms. The smallest absolute Gasteiger partial charge is 0.229 e. The van der Waals surface area contributed by atoms with Gasteiger partial charge in [0.2, 0.25) is 10.0 Å². The minimum Gasteiger partial charge on any atom is -0.496 e. The molecule has 0 radical (unpaired) electrons. The zero-order valence-electron chi connectivity index (χ0n) is 37.0. The Morgan fingerprint density at radius 1 is 0.492 bits per heavy atom. The summed E-state index contributed by atoms with van der Waals surface area (Å²) in [6.45, 7) is 16.0. The van der Waals surface area contributed by atoms with Crippen LogP contribution in [0.2, 0.25) is 5.02 Å². The quantitative estimate of drug-likeness (QED) is 0.173. The third kappa shape index (κ3) is 28.2. The third-order valence-corrected chi connectivity index (χ3v) is 8.67. The van der Waals surface area contributed by atoms with Gasteiger partial charge in [0.15, 0.2) is 0 Å². The Hall–Kier alpha value is -5.96. The fraction of sp³-hybridized carbons (Fsp3) is 0.192. The maximum Gasteiger partial charge on any atom is 0.229 e. The summed E-state index contributed by atoms with van der Waals surface area (Å²) in [6.07, 6.45) is 1.13. The molecule has 0 aliphatic carbocycles. The van der Waals surface area contributed by atoms with Crippen LogP contribution in [0, 0.1) is 67.0 Å². The molecule has 7 rings (SSSR count).